The van der Waals surface area contributed by atoms with Crippen molar-refractivity contribution in [2.24, 2.45) is 0 Å². The van der Waals surface area contributed by atoms with Gasteiger partial charge in [-0.3, -0.25) is 4.90 Å². The van der Waals surface area contributed by atoms with Crippen molar-refractivity contribution in [2.75, 3.05) is 37.6 Å². The third-order valence-corrected chi connectivity index (χ3v) is 4.53. The molecule has 0 aromatic carbocycles. The van der Waals surface area contributed by atoms with Gasteiger partial charge in [-0.15, -0.1) is 0 Å². The highest BCUT2D eigenvalue weighted by Gasteiger charge is 2.31. The number of nitrogens with one attached hydrogen (secondary N) is 1. The first-order valence-corrected chi connectivity index (χ1v) is 8.00. The largest absolute Gasteiger partial charge is 0.354 e. The topological polar surface area (TPSA) is 31.4 Å². The van der Waals surface area contributed by atoms with Crippen LogP contribution in [0.1, 0.15) is 25.3 Å². The summed E-state index contributed by atoms with van der Waals surface area (Å²) in [4.78, 5) is 9.50. The van der Waals surface area contributed by atoms with E-state index < -0.39 is 0 Å². The SMILES string of the molecule is CCNCc1cc(N2CCN(C3CC3)CC2)ncc1Cl. The maximum Gasteiger partial charge on any atom is 0.128 e. The minimum Gasteiger partial charge on any atom is -0.354 e. The fourth-order valence-electron chi connectivity index (χ4n) is 2.79. The van der Waals surface area contributed by atoms with Crippen molar-refractivity contribution in [2.45, 2.75) is 32.4 Å². The van der Waals surface area contributed by atoms with E-state index in [2.05, 4.69) is 33.1 Å². The number of rotatable bonds is 5. The molecule has 0 atom stereocenters. The number of halogens is 1. The highest BCUT2D eigenvalue weighted by atomic mass is 35.5. The van der Waals surface area contributed by atoms with E-state index in [9.17, 15) is 0 Å². The third-order valence-electron chi connectivity index (χ3n) is 4.19. The van der Waals surface area contributed by atoms with Crippen LogP contribution in [-0.4, -0.2) is 48.6 Å². The molecule has 0 amide bonds. The molecule has 20 heavy (non-hydrogen) atoms. The van der Waals surface area contributed by atoms with E-state index >= 15 is 0 Å². The van der Waals surface area contributed by atoms with E-state index in [1.807, 2.05) is 0 Å². The molecule has 1 saturated heterocycles. The summed E-state index contributed by atoms with van der Waals surface area (Å²) in [6, 6.07) is 3.01. The Morgan fingerprint density at radius 3 is 2.70 bits per heavy atom. The fraction of sp³-hybridized carbons (Fsp3) is 0.667. The molecule has 2 heterocycles. The van der Waals surface area contributed by atoms with Crippen molar-refractivity contribution in [1.82, 2.24) is 15.2 Å². The zero-order chi connectivity index (χ0) is 13.9. The van der Waals surface area contributed by atoms with Gasteiger partial charge in [-0.1, -0.05) is 18.5 Å². The first-order valence-electron chi connectivity index (χ1n) is 7.62. The zero-order valence-electron chi connectivity index (χ0n) is 12.1. The highest BCUT2D eigenvalue weighted by Crippen LogP contribution is 2.28. The molecule has 1 aliphatic carbocycles. The number of hydrogen-bond acceptors (Lipinski definition) is 4. The van der Waals surface area contributed by atoms with Gasteiger partial charge < -0.3 is 10.2 Å². The molecule has 1 aromatic heterocycles. The smallest absolute Gasteiger partial charge is 0.128 e. The molecule has 0 unspecified atom stereocenters. The predicted molar refractivity (Wildman–Crippen MR) is 83.4 cm³/mol. The van der Waals surface area contributed by atoms with E-state index in [-0.39, 0.29) is 0 Å². The van der Waals surface area contributed by atoms with Crippen LogP contribution in [0.5, 0.6) is 0 Å². The third kappa shape index (κ3) is 3.25. The summed E-state index contributed by atoms with van der Waals surface area (Å²) in [6.45, 7) is 8.35. The number of anilines is 1. The van der Waals surface area contributed by atoms with Gasteiger partial charge in [-0.25, -0.2) is 4.98 Å². The van der Waals surface area contributed by atoms with Crippen LogP contribution in [0, 0.1) is 0 Å². The lowest BCUT2D eigenvalue weighted by atomic mass is 10.2. The fourth-order valence-corrected chi connectivity index (χ4v) is 2.96. The quantitative estimate of drug-likeness (QED) is 0.901. The Kier molecular flexibility index (Phi) is 4.44. The molecule has 4 nitrogen and oxygen atoms in total. The Bertz CT molecular complexity index is 453. The van der Waals surface area contributed by atoms with Crippen LogP contribution in [0.4, 0.5) is 5.82 Å². The molecule has 0 spiro atoms. The molecular weight excluding hydrogens is 272 g/mol. The molecule has 110 valence electrons. The van der Waals surface area contributed by atoms with Crippen molar-refractivity contribution in [3.8, 4) is 0 Å². The molecule has 0 radical (unpaired) electrons. The second kappa shape index (κ2) is 6.29. The summed E-state index contributed by atoms with van der Waals surface area (Å²) in [5.74, 6) is 1.07. The number of pyridine rings is 1. The molecule has 5 heteroatoms. The summed E-state index contributed by atoms with van der Waals surface area (Å²) in [7, 11) is 0. The zero-order valence-corrected chi connectivity index (χ0v) is 12.9. The Balaban J connectivity index is 1.64. The van der Waals surface area contributed by atoms with Gasteiger partial charge in [0.05, 0.1) is 5.02 Å². The van der Waals surface area contributed by atoms with Crippen LogP contribution in [0.3, 0.4) is 0 Å². The summed E-state index contributed by atoms with van der Waals surface area (Å²) in [5, 5.41) is 4.08. The van der Waals surface area contributed by atoms with Gasteiger partial charge in [0.1, 0.15) is 5.82 Å². The number of piperazine rings is 1. The standard InChI is InChI=1S/C15H23ClN4/c1-2-17-10-12-9-15(18-11-14(12)16)20-7-5-19(6-8-20)13-3-4-13/h9,11,13,17H,2-8,10H2,1H3. The molecule has 1 aliphatic heterocycles. The lowest BCUT2D eigenvalue weighted by molar-refractivity contribution is 0.247. The van der Waals surface area contributed by atoms with Crippen molar-refractivity contribution < 1.29 is 0 Å². The molecule has 1 N–H and O–H groups in total. The van der Waals surface area contributed by atoms with E-state index in [4.69, 9.17) is 11.6 Å². The van der Waals surface area contributed by atoms with Gasteiger partial charge in [-0.05, 0) is 31.0 Å². The summed E-state index contributed by atoms with van der Waals surface area (Å²) < 4.78 is 0. The average molecular weight is 295 g/mol. The van der Waals surface area contributed by atoms with E-state index in [1.54, 1.807) is 6.20 Å². The van der Waals surface area contributed by atoms with Crippen molar-refractivity contribution in [3.63, 3.8) is 0 Å². The summed E-state index contributed by atoms with van der Waals surface area (Å²) >= 11 is 6.21. The Labute approximate surface area is 126 Å². The maximum atomic E-state index is 6.21. The first kappa shape index (κ1) is 14.1. The molecule has 1 saturated carbocycles. The summed E-state index contributed by atoms with van der Waals surface area (Å²) in [5.41, 5.74) is 1.14. The van der Waals surface area contributed by atoms with Crippen LogP contribution >= 0.6 is 11.6 Å². The number of aromatic nitrogens is 1. The Morgan fingerprint density at radius 2 is 2.05 bits per heavy atom. The second-order valence-corrected chi connectivity index (χ2v) is 6.08. The molecular formula is C15H23ClN4. The molecule has 3 rings (SSSR count). The van der Waals surface area contributed by atoms with Crippen LogP contribution in [-0.2, 0) is 6.54 Å². The second-order valence-electron chi connectivity index (χ2n) is 5.67. The van der Waals surface area contributed by atoms with Crippen molar-refractivity contribution in [3.05, 3.63) is 22.8 Å². The van der Waals surface area contributed by atoms with Gasteiger partial charge in [-0.2, -0.15) is 0 Å². The van der Waals surface area contributed by atoms with Gasteiger partial charge in [0, 0.05) is 45.0 Å². The van der Waals surface area contributed by atoms with E-state index in [1.165, 1.54) is 12.8 Å². The number of hydrogen-bond donors (Lipinski definition) is 1. The molecule has 0 bridgehead atoms. The average Bonchev–Trinajstić information content (AvgIpc) is 3.31. The van der Waals surface area contributed by atoms with Crippen LogP contribution in [0.2, 0.25) is 5.02 Å². The summed E-state index contributed by atoms with van der Waals surface area (Å²) in [6.07, 6.45) is 4.58. The monoisotopic (exact) mass is 294 g/mol. The minimum atomic E-state index is 0.756. The minimum absolute atomic E-state index is 0.756. The predicted octanol–water partition coefficient (Wildman–Crippen LogP) is 2.13. The van der Waals surface area contributed by atoms with Crippen molar-refractivity contribution in [1.29, 1.82) is 0 Å². The van der Waals surface area contributed by atoms with E-state index in [0.29, 0.717) is 0 Å². The lowest BCUT2D eigenvalue weighted by Crippen LogP contribution is -2.47. The van der Waals surface area contributed by atoms with Gasteiger partial charge in [0.2, 0.25) is 0 Å². The maximum absolute atomic E-state index is 6.21. The lowest BCUT2D eigenvalue weighted by Gasteiger charge is -2.35. The Morgan fingerprint density at radius 1 is 1.30 bits per heavy atom. The number of nitrogens with zero attached hydrogens (tertiary/aromatic N) is 3. The van der Waals surface area contributed by atoms with Gasteiger partial charge in [0.15, 0.2) is 0 Å². The molecule has 1 aromatic rings. The highest BCUT2D eigenvalue weighted by molar-refractivity contribution is 6.31. The molecule has 2 fully saturated rings. The Hall–Kier alpha value is -0.840. The van der Waals surface area contributed by atoms with Crippen LogP contribution in [0.15, 0.2) is 12.3 Å². The van der Waals surface area contributed by atoms with Crippen molar-refractivity contribution >= 4 is 17.4 Å². The normalized spacial score (nSPS) is 20.4. The first-order chi connectivity index (χ1) is 9.78. The van der Waals surface area contributed by atoms with Gasteiger partial charge in [0.25, 0.3) is 0 Å². The van der Waals surface area contributed by atoms with Crippen LogP contribution < -0.4 is 10.2 Å². The molecule has 2 aliphatic rings. The van der Waals surface area contributed by atoms with Gasteiger partial charge >= 0.3 is 0 Å². The van der Waals surface area contributed by atoms with Crippen LogP contribution in [0.25, 0.3) is 0 Å². The van der Waals surface area contributed by atoms with E-state index in [0.717, 1.165) is 61.7 Å².